The fraction of sp³-hybridized carbons (Fsp3) is 0.188. The molecule has 0 aliphatic carbocycles. The maximum atomic E-state index is 13.1. The Bertz CT molecular complexity index is 614. The van der Waals surface area contributed by atoms with Gasteiger partial charge < -0.3 is 9.15 Å². The van der Waals surface area contributed by atoms with Crippen molar-refractivity contribution in [3.05, 3.63) is 72.0 Å². The molecule has 1 aromatic heterocycles. The molecule has 0 N–H and O–H groups in total. The smallest absolute Gasteiger partial charge is 0.334 e. The zero-order chi connectivity index (χ0) is 14.8. The van der Waals surface area contributed by atoms with Gasteiger partial charge in [-0.05, 0) is 32.0 Å². The van der Waals surface area contributed by atoms with Crippen molar-refractivity contribution in [2.24, 2.45) is 0 Å². The van der Waals surface area contributed by atoms with E-state index >= 15 is 0 Å². The van der Waals surface area contributed by atoms with Crippen molar-refractivity contribution in [3.8, 4) is 0 Å². The van der Waals surface area contributed by atoms with E-state index in [0.717, 1.165) is 0 Å². The van der Waals surface area contributed by atoms with Gasteiger partial charge in [0.2, 0.25) is 0 Å². The molecule has 2 rings (SSSR count). The van der Waals surface area contributed by atoms with Gasteiger partial charge >= 0.3 is 5.97 Å². The van der Waals surface area contributed by atoms with Crippen LogP contribution in [0.4, 0.5) is 4.39 Å². The molecule has 0 saturated carbocycles. The van der Waals surface area contributed by atoms with Crippen molar-refractivity contribution >= 4 is 5.97 Å². The largest absolute Gasteiger partial charge is 0.472 e. The molecule has 1 aromatic carbocycles. The van der Waals surface area contributed by atoms with Gasteiger partial charge in [-0.15, -0.1) is 0 Å². The zero-order valence-corrected chi connectivity index (χ0v) is 11.4. The molecular formula is C16H15FO3. The van der Waals surface area contributed by atoms with Crippen LogP contribution in [0, 0.1) is 5.82 Å². The highest BCUT2D eigenvalue weighted by Gasteiger charge is 2.34. The quantitative estimate of drug-likeness (QED) is 0.629. The Morgan fingerprint density at radius 1 is 1.25 bits per heavy atom. The first-order chi connectivity index (χ1) is 9.43. The number of hydrogen-bond acceptors (Lipinski definition) is 3. The van der Waals surface area contributed by atoms with Crippen molar-refractivity contribution < 1.29 is 18.3 Å². The average Bonchev–Trinajstić information content (AvgIpc) is 2.93. The van der Waals surface area contributed by atoms with E-state index in [1.807, 2.05) is 0 Å². The molecule has 0 radical (unpaired) electrons. The number of furan rings is 1. The predicted octanol–water partition coefficient (Wildman–Crippen LogP) is 3.80. The fourth-order valence-electron chi connectivity index (χ4n) is 1.86. The Kier molecular flexibility index (Phi) is 3.74. The van der Waals surface area contributed by atoms with Crippen LogP contribution in [-0.4, -0.2) is 5.97 Å². The molecular weight excluding hydrogens is 259 g/mol. The Labute approximate surface area is 116 Å². The van der Waals surface area contributed by atoms with E-state index in [-0.39, 0.29) is 5.82 Å². The number of esters is 1. The molecule has 2 aromatic rings. The Balaban J connectivity index is 2.46. The highest BCUT2D eigenvalue weighted by Crippen LogP contribution is 2.34. The molecule has 0 saturated heterocycles. The summed E-state index contributed by atoms with van der Waals surface area (Å²) in [4.78, 5) is 11.9. The van der Waals surface area contributed by atoms with Crippen LogP contribution in [0.25, 0.3) is 0 Å². The number of halogens is 1. The van der Waals surface area contributed by atoms with Crippen molar-refractivity contribution in [2.45, 2.75) is 19.4 Å². The van der Waals surface area contributed by atoms with E-state index in [1.54, 1.807) is 32.0 Å². The van der Waals surface area contributed by atoms with Gasteiger partial charge in [-0.3, -0.25) is 0 Å². The first-order valence-corrected chi connectivity index (χ1v) is 6.11. The van der Waals surface area contributed by atoms with Crippen LogP contribution in [0.2, 0.25) is 0 Å². The summed E-state index contributed by atoms with van der Waals surface area (Å²) in [6, 6.07) is 7.50. The fourth-order valence-corrected chi connectivity index (χ4v) is 1.86. The van der Waals surface area contributed by atoms with Crippen LogP contribution in [-0.2, 0) is 15.1 Å². The normalized spacial score (nSPS) is 13.6. The summed E-state index contributed by atoms with van der Waals surface area (Å²) in [5, 5.41) is 0. The molecule has 0 amide bonds. The Morgan fingerprint density at radius 3 is 2.40 bits per heavy atom. The molecule has 0 aliphatic heterocycles. The lowest BCUT2D eigenvalue weighted by Gasteiger charge is -2.29. The van der Waals surface area contributed by atoms with Gasteiger partial charge in [0.25, 0.3) is 0 Å². The number of hydrogen-bond donors (Lipinski definition) is 0. The minimum Gasteiger partial charge on any atom is -0.472 e. The molecule has 1 atom stereocenters. The van der Waals surface area contributed by atoms with Gasteiger partial charge in [-0.2, -0.15) is 0 Å². The maximum absolute atomic E-state index is 13.1. The second-order valence-corrected chi connectivity index (χ2v) is 4.72. The zero-order valence-electron chi connectivity index (χ0n) is 11.4. The highest BCUT2D eigenvalue weighted by molar-refractivity contribution is 5.87. The van der Waals surface area contributed by atoms with Crippen LogP contribution in [0.1, 0.15) is 25.0 Å². The summed E-state index contributed by atoms with van der Waals surface area (Å²) in [5.41, 5.74) is 0.548. The van der Waals surface area contributed by atoms with Crippen LogP contribution < -0.4 is 0 Å². The number of benzene rings is 1. The van der Waals surface area contributed by atoms with Crippen molar-refractivity contribution in [2.75, 3.05) is 0 Å². The van der Waals surface area contributed by atoms with E-state index in [4.69, 9.17) is 9.15 Å². The number of ether oxygens (including phenoxy) is 1. The number of carbonyl (C=O) groups is 1. The molecule has 20 heavy (non-hydrogen) atoms. The third-order valence-electron chi connectivity index (χ3n) is 3.11. The van der Waals surface area contributed by atoms with Gasteiger partial charge in [-0.25, -0.2) is 9.18 Å². The van der Waals surface area contributed by atoms with Gasteiger partial charge in [0, 0.05) is 16.7 Å². The second kappa shape index (κ2) is 5.33. The minimum absolute atomic E-state index is 0.293. The molecule has 0 bridgehead atoms. The van der Waals surface area contributed by atoms with E-state index in [2.05, 4.69) is 6.58 Å². The van der Waals surface area contributed by atoms with Gasteiger partial charge in [0.15, 0.2) is 5.60 Å². The van der Waals surface area contributed by atoms with Gasteiger partial charge in [0.1, 0.15) is 5.82 Å². The molecule has 0 aliphatic rings. The van der Waals surface area contributed by atoms with E-state index in [9.17, 15) is 9.18 Å². The number of rotatable bonds is 4. The van der Waals surface area contributed by atoms with E-state index in [0.29, 0.717) is 16.7 Å². The van der Waals surface area contributed by atoms with E-state index < -0.39 is 11.6 Å². The van der Waals surface area contributed by atoms with Crippen LogP contribution in [0.5, 0.6) is 0 Å². The first kappa shape index (κ1) is 14.1. The predicted molar refractivity (Wildman–Crippen MR) is 72.5 cm³/mol. The lowest BCUT2D eigenvalue weighted by atomic mass is 9.89. The lowest BCUT2D eigenvalue weighted by molar-refractivity contribution is -0.150. The minimum atomic E-state index is -1.06. The molecule has 0 spiro atoms. The van der Waals surface area contributed by atoms with Crippen LogP contribution in [0.15, 0.2) is 59.4 Å². The second-order valence-electron chi connectivity index (χ2n) is 4.72. The third-order valence-corrected chi connectivity index (χ3v) is 3.11. The molecule has 0 fully saturated rings. The first-order valence-electron chi connectivity index (χ1n) is 6.11. The lowest BCUT2D eigenvalue weighted by Crippen LogP contribution is -2.30. The Hall–Kier alpha value is -2.36. The summed E-state index contributed by atoms with van der Waals surface area (Å²) in [6.45, 7) is 6.87. The number of carbonyl (C=O) groups excluding carboxylic acids is 1. The summed E-state index contributed by atoms with van der Waals surface area (Å²) in [5.74, 6) is -0.868. The molecule has 1 unspecified atom stereocenters. The highest BCUT2D eigenvalue weighted by atomic mass is 19.1. The Morgan fingerprint density at radius 2 is 1.90 bits per heavy atom. The summed E-state index contributed by atoms with van der Waals surface area (Å²) in [6.07, 6.45) is 2.99. The molecule has 4 heteroatoms. The topological polar surface area (TPSA) is 39.4 Å². The van der Waals surface area contributed by atoms with Crippen molar-refractivity contribution in [1.29, 1.82) is 0 Å². The van der Waals surface area contributed by atoms with E-state index in [1.165, 1.54) is 24.7 Å². The maximum Gasteiger partial charge on any atom is 0.334 e. The van der Waals surface area contributed by atoms with Crippen molar-refractivity contribution in [1.82, 2.24) is 0 Å². The summed E-state index contributed by atoms with van der Waals surface area (Å²) in [7, 11) is 0. The monoisotopic (exact) mass is 274 g/mol. The molecule has 3 nitrogen and oxygen atoms in total. The summed E-state index contributed by atoms with van der Waals surface area (Å²) >= 11 is 0. The molecule has 104 valence electrons. The van der Waals surface area contributed by atoms with Crippen LogP contribution in [0.3, 0.4) is 0 Å². The van der Waals surface area contributed by atoms with Gasteiger partial charge in [0.05, 0.1) is 12.5 Å². The SMILES string of the molecule is C=C(C)C(=O)OC(C)(c1ccc(F)cc1)c1ccoc1. The van der Waals surface area contributed by atoms with Crippen LogP contribution >= 0.6 is 0 Å². The standard InChI is InChI=1S/C16H15FO3/c1-11(2)15(18)20-16(3,13-8-9-19-10-13)12-4-6-14(17)7-5-12/h4-10H,1H2,2-3H3. The van der Waals surface area contributed by atoms with Crippen molar-refractivity contribution in [3.63, 3.8) is 0 Å². The summed E-state index contributed by atoms with van der Waals surface area (Å²) < 4.78 is 23.7. The van der Waals surface area contributed by atoms with Gasteiger partial charge in [-0.1, -0.05) is 18.7 Å². The third kappa shape index (κ3) is 2.64. The average molecular weight is 274 g/mol. The molecule has 1 heterocycles.